The van der Waals surface area contributed by atoms with Crippen LogP contribution in [-0.4, -0.2) is 73.3 Å². The topological polar surface area (TPSA) is 61.8 Å². The first-order valence-corrected chi connectivity index (χ1v) is 9.05. The van der Waals surface area contributed by atoms with Crippen LogP contribution in [-0.2, 0) is 4.74 Å². The molecule has 0 radical (unpaired) electrons. The molecule has 26 heavy (non-hydrogen) atoms. The quantitative estimate of drug-likeness (QED) is 0.828. The molecule has 3 heterocycles. The predicted molar refractivity (Wildman–Crippen MR) is 99.6 cm³/mol. The Labute approximate surface area is 153 Å². The van der Waals surface area contributed by atoms with E-state index in [0.29, 0.717) is 37.8 Å². The number of amides is 1. The van der Waals surface area contributed by atoms with Gasteiger partial charge in [-0.3, -0.25) is 4.79 Å². The van der Waals surface area contributed by atoms with Crippen molar-refractivity contribution in [3.8, 4) is 0 Å². The van der Waals surface area contributed by atoms with Crippen molar-refractivity contribution in [1.29, 1.82) is 0 Å². The lowest BCUT2D eigenvalue weighted by Crippen LogP contribution is -2.47. The Balaban J connectivity index is 1.36. The number of benzene rings is 1. The maximum atomic E-state index is 12.5. The van der Waals surface area contributed by atoms with Crippen molar-refractivity contribution >= 4 is 17.5 Å². The average Bonchev–Trinajstić information content (AvgIpc) is 2.75. The summed E-state index contributed by atoms with van der Waals surface area (Å²) in [5, 5.41) is 0. The smallest absolute Gasteiger partial charge is 0.257 e. The molecular formula is C19H23N5O2. The summed E-state index contributed by atoms with van der Waals surface area (Å²) in [6, 6.07) is 10.4. The predicted octanol–water partition coefficient (Wildman–Crippen LogP) is 1.28. The van der Waals surface area contributed by atoms with Crippen LogP contribution < -0.4 is 9.80 Å². The number of hydrogen-bond acceptors (Lipinski definition) is 6. The SMILES string of the molecule is O=C(c1cnc(N2CCN(c3ccccc3)CC2)nc1)N1CCOCC1. The van der Waals surface area contributed by atoms with E-state index in [1.165, 1.54) is 5.69 Å². The van der Waals surface area contributed by atoms with E-state index in [2.05, 4.69) is 44.0 Å². The number of hydrogen-bond donors (Lipinski definition) is 0. The Hall–Kier alpha value is -2.67. The van der Waals surface area contributed by atoms with Gasteiger partial charge in [0, 0.05) is 57.3 Å². The summed E-state index contributed by atoms with van der Waals surface area (Å²) >= 11 is 0. The lowest BCUT2D eigenvalue weighted by atomic mass is 10.2. The van der Waals surface area contributed by atoms with Crippen LogP contribution >= 0.6 is 0 Å². The molecule has 0 atom stereocenters. The van der Waals surface area contributed by atoms with Crippen LogP contribution in [0.3, 0.4) is 0 Å². The van der Waals surface area contributed by atoms with Gasteiger partial charge in [-0.2, -0.15) is 0 Å². The van der Waals surface area contributed by atoms with Crippen molar-refractivity contribution in [2.24, 2.45) is 0 Å². The van der Waals surface area contributed by atoms with Crippen molar-refractivity contribution in [1.82, 2.24) is 14.9 Å². The largest absolute Gasteiger partial charge is 0.378 e. The lowest BCUT2D eigenvalue weighted by Gasteiger charge is -2.36. The van der Waals surface area contributed by atoms with E-state index < -0.39 is 0 Å². The van der Waals surface area contributed by atoms with Crippen LogP contribution in [0.1, 0.15) is 10.4 Å². The van der Waals surface area contributed by atoms with Gasteiger partial charge in [-0.1, -0.05) is 18.2 Å². The van der Waals surface area contributed by atoms with Crippen LogP contribution in [0.2, 0.25) is 0 Å². The highest BCUT2D eigenvalue weighted by Crippen LogP contribution is 2.18. The Morgan fingerprint density at radius 1 is 0.846 bits per heavy atom. The first-order chi connectivity index (χ1) is 12.8. The molecule has 7 nitrogen and oxygen atoms in total. The van der Waals surface area contributed by atoms with Crippen LogP contribution in [0.5, 0.6) is 0 Å². The zero-order valence-corrected chi connectivity index (χ0v) is 14.8. The Morgan fingerprint density at radius 3 is 2.12 bits per heavy atom. The Morgan fingerprint density at radius 2 is 1.46 bits per heavy atom. The minimum atomic E-state index is -0.0197. The molecule has 0 saturated carbocycles. The standard InChI is InChI=1S/C19H23N5O2/c25-18(23-10-12-26-13-11-23)16-14-20-19(21-15-16)24-8-6-22(7-9-24)17-4-2-1-3-5-17/h1-5,14-15H,6-13H2. The van der Waals surface area contributed by atoms with Gasteiger partial charge >= 0.3 is 0 Å². The number of ether oxygens (including phenoxy) is 1. The van der Waals surface area contributed by atoms with Crippen molar-refractivity contribution in [2.45, 2.75) is 0 Å². The number of piperazine rings is 1. The van der Waals surface area contributed by atoms with Crippen molar-refractivity contribution in [2.75, 3.05) is 62.3 Å². The third-order valence-corrected chi connectivity index (χ3v) is 4.87. The summed E-state index contributed by atoms with van der Waals surface area (Å²) < 4.78 is 5.29. The molecule has 0 bridgehead atoms. The zero-order valence-electron chi connectivity index (χ0n) is 14.8. The molecular weight excluding hydrogens is 330 g/mol. The maximum absolute atomic E-state index is 12.5. The van der Waals surface area contributed by atoms with Crippen molar-refractivity contribution < 1.29 is 9.53 Å². The number of carbonyl (C=O) groups is 1. The number of anilines is 2. The molecule has 136 valence electrons. The summed E-state index contributed by atoms with van der Waals surface area (Å²) in [7, 11) is 0. The van der Waals surface area contributed by atoms with Crippen LogP contribution in [0.4, 0.5) is 11.6 Å². The van der Waals surface area contributed by atoms with Gasteiger partial charge in [-0.05, 0) is 12.1 Å². The number of para-hydroxylation sites is 1. The fourth-order valence-electron chi connectivity index (χ4n) is 3.35. The third kappa shape index (κ3) is 3.62. The molecule has 1 aromatic carbocycles. The van der Waals surface area contributed by atoms with Crippen LogP contribution in [0, 0.1) is 0 Å². The molecule has 2 saturated heterocycles. The van der Waals surface area contributed by atoms with E-state index in [4.69, 9.17) is 4.74 Å². The fourth-order valence-corrected chi connectivity index (χ4v) is 3.35. The second-order valence-electron chi connectivity index (χ2n) is 6.49. The number of rotatable bonds is 3. The second-order valence-corrected chi connectivity index (χ2v) is 6.49. The van der Waals surface area contributed by atoms with E-state index >= 15 is 0 Å². The summed E-state index contributed by atoms with van der Waals surface area (Å²) in [6.45, 7) is 6.04. The number of morpholine rings is 1. The van der Waals surface area contributed by atoms with Gasteiger partial charge in [-0.25, -0.2) is 9.97 Å². The third-order valence-electron chi connectivity index (χ3n) is 4.87. The van der Waals surface area contributed by atoms with E-state index in [0.717, 1.165) is 26.2 Å². The Kier molecular flexibility index (Phi) is 4.97. The van der Waals surface area contributed by atoms with Gasteiger partial charge in [0.05, 0.1) is 18.8 Å². The molecule has 0 N–H and O–H groups in total. The first kappa shape index (κ1) is 16.8. The summed E-state index contributed by atoms with van der Waals surface area (Å²) in [6.07, 6.45) is 3.29. The molecule has 2 aliphatic heterocycles. The summed E-state index contributed by atoms with van der Waals surface area (Å²) in [5.41, 5.74) is 1.79. The molecule has 0 aliphatic carbocycles. The minimum Gasteiger partial charge on any atom is -0.378 e. The van der Waals surface area contributed by atoms with Gasteiger partial charge < -0.3 is 19.4 Å². The van der Waals surface area contributed by atoms with Crippen molar-refractivity contribution in [3.05, 3.63) is 48.3 Å². The monoisotopic (exact) mass is 353 g/mol. The van der Waals surface area contributed by atoms with Gasteiger partial charge in [0.25, 0.3) is 5.91 Å². The molecule has 0 unspecified atom stereocenters. The molecule has 2 fully saturated rings. The van der Waals surface area contributed by atoms with Gasteiger partial charge in [0.1, 0.15) is 0 Å². The average molecular weight is 353 g/mol. The molecule has 7 heteroatoms. The molecule has 1 aromatic heterocycles. The zero-order chi connectivity index (χ0) is 17.8. The molecule has 2 aromatic rings. The molecule has 2 aliphatic rings. The fraction of sp³-hybridized carbons (Fsp3) is 0.421. The summed E-state index contributed by atoms with van der Waals surface area (Å²) in [5.74, 6) is 0.671. The van der Waals surface area contributed by atoms with Gasteiger partial charge in [0.2, 0.25) is 5.95 Å². The van der Waals surface area contributed by atoms with E-state index in [-0.39, 0.29) is 5.91 Å². The van der Waals surface area contributed by atoms with E-state index in [1.54, 1.807) is 17.3 Å². The molecule has 1 amide bonds. The van der Waals surface area contributed by atoms with Crippen molar-refractivity contribution in [3.63, 3.8) is 0 Å². The summed E-state index contributed by atoms with van der Waals surface area (Å²) in [4.78, 5) is 27.7. The second kappa shape index (κ2) is 7.70. The van der Waals surface area contributed by atoms with E-state index in [9.17, 15) is 4.79 Å². The van der Waals surface area contributed by atoms with E-state index in [1.807, 2.05) is 6.07 Å². The van der Waals surface area contributed by atoms with Crippen LogP contribution in [0.25, 0.3) is 0 Å². The Bertz CT molecular complexity index is 723. The molecule has 0 spiro atoms. The highest BCUT2D eigenvalue weighted by Gasteiger charge is 2.21. The highest BCUT2D eigenvalue weighted by atomic mass is 16.5. The first-order valence-electron chi connectivity index (χ1n) is 9.05. The highest BCUT2D eigenvalue weighted by molar-refractivity contribution is 5.93. The minimum absolute atomic E-state index is 0.0197. The lowest BCUT2D eigenvalue weighted by molar-refractivity contribution is 0.0302. The molecule has 4 rings (SSSR count). The number of nitrogens with zero attached hydrogens (tertiary/aromatic N) is 5. The maximum Gasteiger partial charge on any atom is 0.257 e. The normalized spacial score (nSPS) is 18.1. The van der Waals surface area contributed by atoms with Crippen LogP contribution in [0.15, 0.2) is 42.7 Å². The van der Waals surface area contributed by atoms with Gasteiger partial charge in [-0.15, -0.1) is 0 Å². The number of aromatic nitrogens is 2. The van der Waals surface area contributed by atoms with Gasteiger partial charge in [0.15, 0.2) is 0 Å². The number of carbonyl (C=O) groups excluding carboxylic acids is 1.